The van der Waals surface area contributed by atoms with Gasteiger partial charge in [0, 0.05) is 5.56 Å². The van der Waals surface area contributed by atoms with Gasteiger partial charge >= 0.3 is 0 Å². The van der Waals surface area contributed by atoms with E-state index in [-0.39, 0.29) is 22.1 Å². The second kappa shape index (κ2) is 3.90. The van der Waals surface area contributed by atoms with Crippen LogP contribution >= 0.6 is 12.2 Å². The van der Waals surface area contributed by atoms with Gasteiger partial charge < -0.3 is 15.1 Å². The number of oxazole rings is 1. The largest absolute Gasteiger partial charge is 0.429 e. The molecule has 82 valence electrons. The molecule has 0 aliphatic carbocycles. The van der Waals surface area contributed by atoms with Crippen molar-refractivity contribution in [3.8, 4) is 11.3 Å². The first-order valence-corrected chi connectivity index (χ1v) is 4.77. The van der Waals surface area contributed by atoms with Crippen LogP contribution in [0, 0.1) is 10.7 Å². The summed E-state index contributed by atoms with van der Waals surface area (Å²) in [5.41, 5.74) is 5.75. The Kier molecular flexibility index (Phi) is 2.57. The summed E-state index contributed by atoms with van der Waals surface area (Å²) < 4.78 is 17.9. The van der Waals surface area contributed by atoms with E-state index >= 15 is 0 Å². The number of hydrogen-bond acceptors (Lipinski definition) is 3. The van der Waals surface area contributed by atoms with Crippen molar-refractivity contribution in [3.05, 3.63) is 40.6 Å². The first-order valence-electron chi connectivity index (χ1n) is 4.37. The van der Waals surface area contributed by atoms with Gasteiger partial charge in [0.15, 0.2) is 11.5 Å². The molecule has 2 rings (SSSR count). The highest BCUT2D eigenvalue weighted by Crippen LogP contribution is 2.23. The number of benzene rings is 1. The summed E-state index contributed by atoms with van der Waals surface area (Å²) in [6.07, 6.45) is 0. The third kappa shape index (κ3) is 1.87. The summed E-state index contributed by atoms with van der Waals surface area (Å²) in [6.45, 7) is 0. The lowest BCUT2D eigenvalue weighted by Crippen LogP contribution is -2.12. The van der Waals surface area contributed by atoms with Crippen molar-refractivity contribution in [1.29, 1.82) is 0 Å². The van der Waals surface area contributed by atoms with Gasteiger partial charge in [0.2, 0.25) is 0 Å². The predicted molar refractivity (Wildman–Crippen MR) is 57.8 cm³/mol. The molecular weight excluding hydrogens is 231 g/mol. The summed E-state index contributed by atoms with van der Waals surface area (Å²) in [6, 6.07) is 5.46. The van der Waals surface area contributed by atoms with E-state index < -0.39 is 5.91 Å². The fourth-order valence-corrected chi connectivity index (χ4v) is 1.49. The van der Waals surface area contributed by atoms with Gasteiger partial charge in [-0.25, -0.2) is 4.39 Å². The highest BCUT2D eigenvalue weighted by Gasteiger charge is 2.15. The maximum atomic E-state index is 12.7. The Morgan fingerprint density at radius 2 is 2.00 bits per heavy atom. The van der Waals surface area contributed by atoms with Crippen LogP contribution in [0.4, 0.5) is 4.39 Å². The Morgan fingerprint density at radius 1 is 1.38 bits per heavy atom. The van der Waals surface area contributed by atoms with Crippen molar-refractivity contribution in [2.45, 2.75) is 0 Å². The van der Waals surface area contributed by atoms with Gasteiger partial charge in [-0.2, -0.15) is 0 Å². The molecule has 0 aliphatic rings. The molecule has 1 aromatic heterocycles. The molecule has 3 N–H and O–H groups in total. The molecule has 0 bridgehead atoms. The fourth-order valence-electron chi connectivity index (χ4n) is 1.31. The van der Waals surface area contributed by atoms with Gasteiger partial charge in [-0.15, -0.1) is 0 Å². The molecule has 0 spiro atoms. The average molecular weight is 238 g/mol. The van der Waals surface area contributed by atoms with Gasteiger partial charge in [-0.3, -0.25) is 4.79 Å². The SMILES string of the molecule is NC(=O)c1[nH]c(=S)oc1-c1ccc(F)cc1. The lowest BCUT2D eigenvalue weighted by molar-refractivity contribution is 0.0996. The van der Waals surface area contributed by atoms with E-state index in [4.69, 9.17) is 22.4 Å². The van der Waals surface area contributed by atoms with Crippen molar-refractivity contribution in [1.82, 2.24) is 4.98 Å². The summed E-state index contributed by atoms with van der Waals surface area (Å²) >= 11 is 4.76. The van der Waals surface area contributed by atoms with Crippen molar-refractivity contribution in [2.75, 3.05) is 0 Å². The molecule has 0 fully saturated rings. The van der Waals surface area contributed by atoms with Crippen molar-refractivity contribution < 1.29 is 13.6 Å². The lowest BCUT2D eigenvalue weighted by atomic mass is 10.1. The summed E-state index contributed by atoms with van der Waals surface area (Å²) in [5.74, 6) is -0.838. The monoisotopic (exact) mass is 238 g/mol. The number of H-pyrrole nitrogens is 1. The molecule has 1 amide bonds. The number of aromatic nitrogens is 1. The molecule has 0 saturated carbocycles. The minimum absolute atomic E-state index is 0.0492. The highest BCUT2D eigenvalue weighted by molar-refractivity contribution is 7.71. The van der Waals surface area contributed by atoms with Crippen LogP contribution in [0.5, 0.6) is 0 Å². The van der Waals surface area contributed by atoms with E-state index in [0.717, 1.165) is 0 Å². The molecule has 1 heterocycles. The van der Waals surface area contributed by atoms with Crippen LogP contribution in [0.3, 0.4) is 0 Å². The smallest absolute Gasteiger partial charge is 0.269 e. The maximum absolute atomic E-state index is 12.7. The number of hydrogen-bond donors (Lipinski definition) is 2. The van der Waals surface area contributed by atoms with Crippen molar-refractivity contribution >= 4 is 18.1 Å². The minimum atomic E-state index is -0.681. The van der Waals surface area contributed by atoms with Crippen LogP contribution in [0.15, 0.2) is 28.7 Å². The van der Waals surface area contributed by atoms with E-state index in [9.17, 15) is 9.18 Å². The average Bonchev–Trinajstić information content (AvgIpc) is 2.61. The molecule has 16 heavy (non-hydrogen) atoms. The lowest BCUT2D eigenvalue weighted by Gasteiger charge is -1.98. The first kappa shape index (κ1) is 10.6. The molecule has 0 saturated heterocycles. The van der Waals surface area contributed by atoms with E-state index in [1.807, 2.05) is 0 Å². The Balaban J connectivity index is 2.59. The normalized spacial score (nSPS) is 10.3. The summed E-state index contributed by atoms with van der Waals surface area (Å²) in [7, 11) is 0. The van der Waals surface area contributed by atoms with E-state index in [1.54, 1.807) is 0 Å². The molecule has 1 aromatic carbocycles. The van der Waals surface area contributed by atoms with Crippen LogP contribution in [0.2, 0.25) is 0 Å². The number of rotatable bonds is 2. The predicted octanol–water partition coefficient (Wildman–Crippen LogP) is 2.24. The number of carbonyl (C=O) groups is 1. The molecule has 0 unspecified atom stereocenters. The quantitative estimate of drug-likeness (QED) is 0.788. The zero-order chi connectivity index (χ0) is 11.7. The third-order valence-electron chi connectivity index (χ3n) is 2.00. The van der Waals surface area contributed by atoms with Gasteiger partial charge in [0.25, 0.3) is 10.7 Å². The van der Waals surface area contributed by atoms with Crippen LogP contribution in [-0.2, 0) is 0 Å². The van der Waals surface area contributed by atoms with Crippen LogP contribution < -0.4 is 5.73 Å². The minimum Gasteiger partial charge on any atom is -0.429 e. The van der Waals surface area contributed by atoms with Gasteiger partial charge in [0.05, 0.1) is 0 Å². The van der Waals surface area contributed by atoms with Gasteiger partial charge in [0.1, 0.15) is 5.82 Å². The molecule has 4 nitrogen and oxygen atoms in total. The zero-order valence-electron chi connectivity index (χ0n) is 7.99. The molecule has 2 aromatic rings. The molecule has 0 aliphatic heterocycles. The topological polar surface area (TPSA) is 72.0 Å². The van der Waals surface area contributed by atoms with E-state index in [2.05, 4.69) is 4.98 Å². The second-order valence-electron chi connectivity index (χ2n) is 3.09. The number of carbonyl (C=O) groups excluding carboxylic acids is 1. The number of nitrogens with two attached hydrogens (primary N) is 1. The van der Waals surface area contributed by atoms with Gasteiger partial charge in [-0.05, 0) is 36.5 Å². The number of nitrogens with one attached hydrogen (secondary N) is 1. The Morgan fingerprint density at radius 3 is 2.56 bits per heavy atom. The zero-order valence-corrected chi connectivity index (χ0v) is 8.81. The third-order valence-corrected chi connectivity index (χ3v) is 2.19. The number of primary amides is 1. The first-order chi connectivity index (χ1) is 7.58. The number of amides is 1. The fraction of sp³-hybridized carbons (Fsp3) is 0. The Hall–Kier alpha value is -1.95. The highest BCUT2D eigenvalue weighted by atomic mass is 32.1. The summed E-state index contributed by atoms with van der Waals surface area (Å²) in [4.78, 5) is 13.7. The van der Waals surface area contributed by atoms with Crippen LogP contribution in [0.1, 0.15) is 10.5 Å². The second-order valence-corrected chi connectivity index (χ2v) is 3.46. The van der Waals surface area contributed by atoms with E-state index in [0.29, 0.717) is 5.56 Å². The van der Waals surface area contributed by atoms with Crippen LogP contribution in [-0.4, -0.2) is 10.9 Å². The maximum Gasteiger partial charge on any atom is 0.269 e. The Labute approximate surface area is 94.9 Å². The van der Waals surface area contributed by atoms with Gasteiger partial charge in [-0.1, -0.05) is 0 Å². The molecular formula is C10H7FN2O2S. The van der Waals surface area contributed by atoms with Crippen molar-refractivity contribution in [2.24, 2.45) is 5.73 Å². The molecule has 6 heteroatoms. The standard InChI is InChI=1S/C10H7FN2O2S/c11-6-3-1-5(2-4-6)8-7(9(12)14)13-10(16)15-8/h1-4H,(H2,12,14)(H,13,16). The number of aromatic amines is 1. The van der Waals surface area contributed by atoms with E-state index in [1.165, 1.54) is 24.3 Å². The summed E-state index contributed by atoms with van der Waals surface area (Å²) in [5, 5.41) is 0. The van der Waals surface area contributed by atoms with Crippen LogP contribution in [0.25, 0.3) is 11.3 Å². The van der Waals surface area contributed by atoms with Crippen molar-refractivity contribution in [3.63, 3.8) is 0 Å². The molecule has 0 atom stereocenters. The molecule has 0 radical (unpaired) electrons. The number of halogens is 1. The Bertz CT molecular complexity index is 586.